The molecule has 5 rings (SSSR count). The molecule has 1 atom stereocenters. The van der Waals surface area contributed by atoms with Crippen LogP contribution in [0, 0.1) is 29.6 Å². The third-order valence-electron chi connectivity index (χ3n) is 8.19. The minimum absolute atomic E-state index is 0.0292. The van der Waals surface area contributed by atoms with Gasteiger partial charge >= 0.3 is 0 Å². The van der Waals surface area contributed by atoms with Crippen LogP contribution in [-0.2, 0) is 10.4 Å². The number of amides is 1. The van der Waals surface area contributed by atoms with E-state index in [9.17, 15) is 9.90 Å². The molecule has 3 saturated carbocycles. The van der Waals surface area contributed by atoms with Crippen molar-refractivity contribution >= 4 is 5.91 Å². The highest BCUT2D eigenvalue weighted by Gasteiger charge is 2.50. The van der Waals surface area contributed by atoms with Gasteiger partial charge in [-0.15, -0.1) is 0 Å². The van der Waals surface area contributed by atoms with Gasteiger partial charge in [0, 0.05) is 19.0 Å². The van der Waals surface area contributed by atoms with Gasteiger partial charge < -0.3 is 10.0 Å². The maximum absolute atomic E-state index is 13.7. The standard InChI is InChI=1S/C25H35NO2/c27-24(25(28,22-8-4-5-9-22)21-6-2-1-3-7-21)26-16-14-20(15-17-26)23(18-10-11-18)19-12-13-19/h1-3,6-7,18-20,22-23,28H,4-5,8-17H2. The van der Waals surface area contributed by atoms with Crippen LogP contribution in [0.4, 0.5) is 0 Å². The maximum Gasteiger partial charge on any atom is 0.259 e. The van der Waals surface area contributed by atoms with E-state index >= 15 is 0 Å². The smallest absolute Gasteiger partial charge is 0.259 e. The Morgan fingerprint density at radius 3 is 1.93 bits per heavy atom. The molecule has 0 bridgehead atoms. The first kappa shape index (κ1) is 18.7. The van der Waals surface area contributed by atoms with Crippen molar-refractivity contribution in [3.05, 3.63) is 35.9 Å². The van der Waals surface area contributed by atoms with Gasteiger partial charge in [0.2, 0.25) is 0 Å². The summed E-state index contributed by atoms with van der Waals surface area (Å²) < 4.78 is 0. The zero-order chi connectivity index (χ0) is 19.1. The average molecular weight is 382 g/mol. The van der Waals surface area contributed by atoms with Gasteiger partial charge in [0.15, 0.2) is 5.60 Å². The predicted octanol–water partition coefficient (Wildman–Crippen LogP) is 4.74. The molecule has 1 aromatic carbocycles. The summed E-state index contributed by atoms with van der Waals surface area (Å²) in [6.07, 6.45) is 12.2. The molecule has 4 fully saturated rings. The van der Waals surface area contributed by atoms with Crippen LogP contribution in [-0.4, -0.2) is 29.0 Å². The largest absolute Gasteiger partial charge is 0.375 e. The van der Waals surface area contributed by atoms with E-state index in [4.69, 9.17) is 0 Å². The number of likely N-dealkylation sites (tertiary alicyclic amines) is 1. The number of piperidine rings is 1. The van der Waals surface area contributed by atoms with E-state index in [1.54, 1.807) is 0 Å². The molecule has 0 radical (unpaired) electrons. The molecule has 1 aliphatic heterocycles. The van der Waals surface area contributed by atoms with Gasteiger partial charge in [-0.25, -0.2) is 0 Å². The molecule has 1 heterocycles. The topological polar surface area (TPSA) is 40.5 Å². The van der Waals surface area contributed by atoms with Crippen LogP contribution in [0.1, 0.15) is 69.8 Å². The Labute approximate surface area is 169 Å². The quantitative estimate of drug-likeness (QED) is 0.773. The van der Waals surface area contributed by atoms with Gasteiger partial charge in [-0.1, -0.05) is 43.2 Å². The van der Waals surface area contributed by atoms with E-state index in [1.807, 2.05) is 35.2 Å². The Bertz CT molecular complexity index is 670. The van der Waals surface area contributed by atoms with Crippen LogP contribution in [0.2, 0.25) is 0 Å². The van der Waals surface area contributed by atoms with Gasteiger partial charge in [0.05, 0.1) is 0 Å². The molecule has 28 heavy (non-hydrogen) atoms. The van der Waals surface area contributed by atoms with Crippen LogP contribution in [0.5, 0.6) is 0 Å². The lowest BCUT2D eigenvalue weighted by molar-refractivity contribution is -0.161. The summed E-state index contributed by atoms with van der Waals surface area (Å²) in [7, 11) is 0. The molecular formula is C25H35NO2. The van der Waals surface area contributed by atoms with E-state index in [2.05, 4.69) is 0 Å². The van der Waals surface area contributed by atoms with E-state index in [1.165, 1.54) is 25.7 Å². The zero-order valence-electron chi connectivity index (χ0n) is 17.1. The summed E-state index contributed by atoms with van der Waals surface area (Å²) in [6.45, 7) is 1.67. The fourth-order valence-electron chi connectivity index (χ4n) is 6.42. The highest BCUT2D eigenvalue weighted by molar-refractivity contribution is 5.87. The van der Waals surface area contributed by atoms with E-state index in [-0.39, 0.29) is 11.8 Å². The minimum atomic E-state index is -1.34. The van der Waals surface area contributed by atoms with Crippen molar-refractivity contribution in [1.82, 2.24) is 4.90 Å². The Kier molecular flexibility index (Phi) is 4.99. The molecule has 3 heteroatoms. The first-order valence-electron chi connectivity index (χ1n) is 11.7. The Morgan fingerprint density at radius 1 is 0.857 bits per heavy atom. The van der Waals surface area contributed by atoms with Crippen molar-refractivity contribution in [2.75, 3.05) is 13.1 Å². The number of nitrogens with zero attached hydrogens (tertiary/aromatic N) is 1. The number of hydrogen-bond donors (Lipinski definition) is 1. The Balaban J connectivity index is 1.31. The summed E-state index contributed by atoms with van der Waals surface area (Å²) in [6, 6.07) is 9.75. The molecule has 1 saturated heterocycles. The Hall–Kier alpha value is -1.35. The first-order valence-corrected chi connectivity index (χ1v) is 11.7. The van der Waals surface area contributed by atoms with Crippen molar-refractivity contribution in [3.8, 4) is 0 Å². The molecule has 3 nitrogen and oxygen atoms in total. The average Bonchev–Trinajstić information content (AvgIpc) is 3.69. The summed E-state index contributed by atoms with van der Waals surface area (Å²) in [5.41, 5.74) is -0.542. The summed E-state index contributed by atoms with van der Waals surface area (Å²) in [5, 5.41) is 11.8. The lowest BCUT2D eigenvalue weighted by Gasteiger charge is -2.42. The summed E-state index contributed by atoms with van der Waals surface area (Å²) >= 11 is 0. The Morgan fingerprint density at radius 2 is 1.39 bits per heavy atom. The van der Waals surface area contributed by atoms with Gasteiger partial charge in [-0.3, -0.25) is 4.79 Å². The minimum Gasteiger partial charge on any atom is -0.375 e. The van der Waals surface area contributed by atoms with Crippen LogP contribution in [0.25, 0.3) is 0 Å². The molecule has 1 amide bonds. The van der Waals surface area contributed by atoms with Crippen LogP contribution in [0.3, 0.4) is 0 Å². The van der Waals surface area contributed by atoms with Gasteiger partial charge in [-0.05, 0) is 80.6 Å². The van der Waals surface area contributed by atoms with E-state index < -0.39 is 5.60 Å². The molecular weight excluding hydrogens is 346 g/mol. The summed E-state index contributed by atoms with van der Waals surface area (Å²) in [4.78, 5) is 15.7. The second kappa shape index (κ2) is 7.48. The first-order chi connectivity index (χ1) is 13.7. The van der Waals surface area contributed by atoms with E-state index in [0.29, 0.717) is 0 Å². The molecule has 0 spiro atoms. The fourth-order valence-corrected chi connectivity index (χ4v) is 6.42. The van der Waals surface area contributed by atoms with Crippen molar-refractivity contribution in [2.45, 2.75) is 69.8 Å². The van der Waals surface area contributed by atoms with Gasteiger partial charge in [-0.2, -0.15) is 0 Å². The van der Waals surface area contributed by atoms with Crippen LogP contribution in [0.15, 0.2) is 30.3 Å². The SMILES string of the molecule is O=C(N1CCC(C(C2CC2)C2CC2)CC1)C(O)(c1ccccc1)C1CCCC1. The molecule has 0 aromatic heterocycles. The number of rotatable bonds is 6. The van der Waals surface area contributed by atoms with Crippen molar-refractivity contribution < 1.29 is 9.90 Å². The van der Waals surface area contributed by atoms with Crippen LogP contribution < -0.4 is 0 Å². The second-order valence-corrected chi connectivity index (χ2v) is 10.00. The molecule has 3 aliphatic carbocycles. The molecule has 4 aliphatic rings. The molecule has 1 N–H and O–H groups in total. The number of benzene rings is 1. The summed E-state index contributed by atoms with van der Waals surface area (Å²) in [5.74, 6) is 3.74. The molecule has 1 aromatic rings. The van der Waals surface area contributed by atoms with Crippen molar-refractivity contribution in [3.63, 3.8) is 0 Å². The highest BCUT2D eigenvalue weighted by Crippen LogP contribution is 2.54. The highest BCUT2D eigenvalue weighted by atomic mass is 16.3. The van der Waals surface area contributed by atoms with E-state index in [0.717, 1.165) is 80.8 Å². The van der Waals surface area contributed by atoms with Crippen molar-refractivity contribution in [1.29, 1.82) is 0 Å². The number of carbonyl (C=O) groups excluding carboxylic acids is 1. The third kappa shape index (κ3) is 3.40. The monoisotopic (exact) mass is 381 g/mol. The zero-order valence-corrected chi connectivity index (χ0v) is 17.1. The van der Waals surface area contributed by atoms with Crippen LogP contribution >= 0.6 is 0 Å². The number of carbonyl (C=O) groups is 1. The molecule has 1 unspecified atom stereocenters. The lowest BCUT2D eigenvalue weighted by Crippen LogP contribution is -2.53. The normalized spacial score (nSPS) is 26.6. The van der Waals surface area contributed by atoms with Crippen molar-refractivity contribution in [2.24, 2.45) is 29.6 Å². The van der Waals surface area contributed by atoms with Gasteiger partial charge in [0.25, 0.3) is 5.91 Å². The fraction of sp³-hybridized carbons (Fsp3) is 0.720. The predicted molar refractivity (Wildman–Crippen MR) is 111 cm³/mol. The lowest BCUT2D eigenvalue weighted by atomic mass is 9.76. The molecule has 152 valence electrons. The third-order valence-corrected chi connectivity index (χ3v) is 8.19. The number of aliphatic hydroxyl groups is 1. The number of hydrogen-bond acceptors (Lipinski definition) is 2. The maximum atomic E-state index is 13.7. The second-order valence-electron chi connectivity index (χ2n) is 10.00. The van der Waals surface area contributed by atoms with Gasteiger partial charge in [0.1, 0.15) is 0 Å².